The lowest BCUT2D eigenvalue weighted by molar-refractivity contribution is 0.600. The standard InChI is InChI=1S/C70H55NO2/c1-38-32-39(2)65(40(3)33-38)71(45-29-31-48-54(36-45)70(8,9)63-59(48)61-50-22-14-17-25-57(50)73-67(61)62-46-20-12-15-23-52(46)69(6,7)64(62)63)44-28-30-47-53(35-44)68(4,5)55-37-51(43-27-26-41-18-10-11-19-42(41)34-43)66-60(58(47)55)49-21-13-16-24-56(49)72-66/h10-37H,1-9H3. The van der Waals surface area contributed by atoms with E-state index in [1.807, 2.05) is 0 Å². The highest BCUT2D eigenvalue weighted by atomic mass is 16.3. The second kappa shape index (κ2) is 14.3. The van der Waals surface area contributed by atoms with Crippen LogP contribution in [0.1, 0.15) is 91.6 Å². The Labute approximate surface area is 426 Å². The van der Waals surface area contributed by atoms with Crippen molar-refractivity contribution in [2.75, 3.05) is 4.90 Å². The fourth-order valence-corrected chi connectivity index (χ4v) is 14.4. The minimum absolute atomic E-state index is 0.229. The lowest BCUT2D eigenvalue weighted by Crippen LogP contribution is -2.24. The third-order valence-electron chi connectivity index (χ3n) is 17.6. The Kier molecular flexibility index (Phi) is 8.33. The Morgan fingerprint density at radius 1 is 0.384 bits per heavy atom. The van der Waals surface area contributed by atoms with Gasteiger partial charge in [0.1, 0.15) is 22.3 Å². The van der Waals surface area contributed by atoms with Gasteiger partial charge < -0.3 is 13.7 Å². The Bertz CT molecular complexity index is 4430. The number of para-hydroxylation sites is 2. The molecular formula is C70H55NO2. The van der Waals surface area contributed by atoms with Gasteiger partial charge in [0.05, 0.1) is 5.69 Å². The summed E-state index contributed by atoms with van der Waals surface area (Å²) in [6.45, 7) is 21.4. The summed E-state index contributed by atoms with van der Waals surface area (Å²) in [6, 6.07) is 63.4. The summed E-state index contributed by atoms with van der Waals surface area (Å²) in [5.74, 6) is 0. The van der Waals surface area contributed by atoms with Crippen LogP contribution in [0.2, 0.25) is 0 Å². The molecule has 3 nitrogen and oxygen atoms in total. The van der Waals surface area contributed by atoms with Crippen molar-refractivity contribution >= 4 is 71.7 Å². The molecule has 15 rings (SSSR count). The van der Waals surface area contributed by atoms with Gasteiger partial charge in [-0.3, -0.25) is 0 Å². The van der Waals surface area contributed by atoms with Crippen LogP contribution in [0, 0.1) is 20.8 Å². The molecule has 0 saturated heterocycles. The normalized spacial score (nSPS) is 15.2. The van der Waals surface area contributed by atoms with Crippen LogP contribution in [0.3, 0.4) is 0 Å². The van der Waals surface area contributed by atoms with Crippen molar-refractivity contribution in [2.45, 2.75) is 78.6 Å². The van der Waals surface area contributed by atoms with E-state index in [0.29, 0.717) is 0 Å². The molecule has 352 valence electrons. The largest absolute Gasteiger partial charge is 0.455 e. The molecule has 2 aromatic heterocycles. The molecule has 0 atom stereocenters. The fraction of sp³-hybridized carbons (Fsp3) is 0.171. The maximum atomic E-state index is 7.02. The molecule has 3 heteroatoms. The van der Waals surface area contributed by atoms with Gasteiger partial charge in [0.25, 0.3) is 0 Å². The van der Waals surface area contributed by atoms with Crippen LogP contribution in [-0.2, 0) is 16.2 Å². The van der Waals surface area contributed by atoms with Crippen molar-refractivity contribution in [2.24, 2.45) is 0 Å². The molecular weight excluding hydrogens is 887 g/mol. The van der Waals surface area contributed by atoms with Crippen LogP contribution in [0.5, 0.6) is 0 Å². The number of hydrogen-bond acceptors (Lipinski definition) is 3. The summed E-state index contributed by atoms with van der Waals surface area (Å²) in [4.78, 5) is 2.55. The van der Waals surface area contributed by atoms with Gasteiger partial charge >= 0.3 is 0 Å². The van der Waals surface area contributed by atoms with E-state index in [1.165, 1.54) is 116 Å². The van der Waals surface area contributed by atoms with E-state index in [9.17, 15) is 0 Å². The number of rotatable bonds is 4. The first-order valence-corrected chi connectivity index (χ1v) is 26.0. The quantitative estimate of drug-likeness (QED) is 0.176. The predicted octanol–water partition coefficient (Wildman–Crippen LogP) is 19.6. The molecule has 0 radical (unpaired) electrons. The molecule has 0 aliphatic heterocycles. The first kappa shape index (κ1) is 42.5. The first-order valence-electron chi connectivity index (χ1n) is 26.0. The molecule has 3 aliphatic rings. The second-order valence-corrected chi connectivity index (χ2v) is 23.0. The van der Waals surface area contributed by atoms with Crippen LogP contribution in [0.25, 0.3) is 99.2 Å². The monoisotopic (exact) mass is 941 g/mol. The summed E-state index contributed by atoms with van der Waals surface area (Å²) in [7, 11) is 0. The minimum atomic E-state index is -0.331. The van der Waals surface area contributed by atoms with Crippen molar-refractivity contribution < 1.29 is 8.83 Å². The van der Waals surface area contributed by atoms with E-state index in [1.54, 1.807) is 0 Å². The Balaban J connectivity index is 0.955. The molecule has 0 saturated carbocycles. The molecule has 12 aromatic rings. The average Bonchev–Trinajstić information content (AvgIpc) is 4.14. The van der Waals surface area contributed by atoms with E-state index in [0.717, 1.165) is 50.2 Å². The number of furan rings is 2. The molecule has 0 bridgehead atoms. The summed E-state index contributed by atoms with van der Waals surface area (Å²) >= 11 is 0. The zero-order chi connectivity index (χ0) is 49.6. The van der Waals surface area contributed by atoms with Gasteiger partial charge in [-0.25, -0.2) is 0 Å². The predicted molar refractivity (Wildman–Crippen MR) is 306 cm³/mol. The summed E-state index contributed by atoms with van der Waals surface area (Å²) in [5.41, 5.74) is 28.3. The highest BCUT2D eigenvalue weighted by Gasteiger charge is 2.49. The minimum Gasteiger partial charge on any atom is -0.455 e. The van der Waals surface area contributed by atoms with Gasteiger partial charge in [0, 0.05) is 60.3 Å². The van der Waals surface area contributed by atoms with Gasteiger partial charge in [-0.15, -0.1) is 0 Å². The number of benzene rings is 10. The smallest absolute Gasteiger partial charge is 0.144 e. The Morgan fingerprint density at radius 2 is 0.918 bits per heavy atom. The van der Waals surface area contributed by atoms with E-state index >= 15 is 0 Å². The van der Waals surface area contributed by atoms with Crippen LogP contribution in [0.4, 0.5) is 17.1 Å². The van der Waals surface area contributed by atoms with Crippen molar-refractivity contribution in [1.82, 2.24) is 0 Å². The molecule has 0 spiro atoms. The molecule has 0 N–H and O–H groups in total. The van der Waals surface area contributed by atoms with Gasteiger partial charge in [0.15, 0.2) is 0 Å². The van der Waals surface area contributed by atoms with Crippen molar-refractivity contribution in [1.29, 1.82) is 0 Å². The third kappa shape index (κ3) is 5.50. The fourth-order valence-electron chi connectivity index (χ4n) is 14.4. The van der Waals surface area contributed by atoms with E-state index in [-0.39, 0.29) is 16.2 Å². The molecule has 3 aliphatic carbocycles. The molecule has 2 heterocycles. The summed E-state index contributed by atoms with van der Waals surface area (Å²) in [6.07, 6.45) is 0. The van der Waals surface area contributed by atoms with Gasteiger partial charge in [0.2, 0.25) is 0 Å². The second-order valence-electron chi connectivity index (χ2n) is 23.0. The van der Waals surface area contributed by atoms with Crippen molar-refractivity contribution in [3.05, 3.63) is 220 Å². The Hall–Kier alpha value is -8.14. The van der Waals surface area contributed by atoms with Gasteiger partial charge in [-0.05, 0) is 158 Å². The van der Waals surface area contributed by atoms with Crippen molar-refractivity contribution in [3.63, 3.8) is 0 Å². The van der Waals surface area contributed by atoms with Crippen molar-refractivity contribution in [3.8, 4) is 44.5 Å². The van der Waals surface area contributed by atoms with Crippen LogP contribution in [-0.4, -0.2) is 0 Å². The van der Waals surface area contributed by atoms with Crippen LogP contribution in [0.15, 0.2) is 179 Å². The summed E-state index contributed by atoms with van der Waals surface area (Å²) < 4.78 is 13.9. The van der Waals surface area contributed by atoms with Gasteiger partial charge in [-0.2, -0.15) is 0 Å². The average molecular weight is 942 g/mol. The lowest BCUT2D eigenvalue weighted by Gasteiger charge is -2.33. The maximum Gasteiger partial charge on any atom is 0.144 e. The molecule has 73 heavy (non-hydrogen) atoms. The Morgan fingerprint density at radius 3 is 1.62 bits per heavy atom. The number of nitrogens with zero attached hydrogens (tertiary/aromatic N) is 1. The van der Waals surface area contributed by atoms with Crippen LogP contribution < -0.4 is 4.90 Å². The topological polar surface area (TPSA) is 29.5 Å². The number of hydrogen-bond donors (Lipinski definition) is 0. The van der Waals surface area contributed by atoms with Crippen LogP contribution >= 0.6 is 0 Å². The zero-order valence-electron chi connectivity index (χ0n) is 42.9. The zero-order valence-corrected chi connectivity index (χ0v) is 42.9. The maximum absolute atomic E-state index is 7.02. The highest BCUT2D eigenvalue weighted by molar-refractivity contribution is 6.22. The van der Waals surface area contributed by atoms with E-state index < -0.39 is 0 Å². The molecule has 0 unspecified atom stereocenters. The molecule has 0 fully saturated rings. The SMILES string of the molecule is Cc1cc(C)c(N(c2ccc3c(c2)C(C)(C)c2cc(-c4ccc5ccccc5c4)c4oc5ccccc5c4c2-3)c2ccc3c(c2)C(C)(C)c2c4c(c5oc6ccccc6c5c2-3)-c2ccccc2C4(C)C)c(C)c1. The lowest BCUT2D eigenvalue weighted by atomic mass is 9.72. The molecule has 0 amide bonds. The van der Waals surface area contributed by atoms with E-state index in [4.69, 9.17) is 8.83 Å². The molecule has 10 aromatic carbocycles. The van der Waals surface area contributed by atoms with Gasteiger partial charge in [-0.1, -0.05) is 168 Å². The summed E-state index contributed by atoms with van der Waals surface area (Å²) in [5, 5.41) is 7.19. The first-order chi connectivity index (χ1) is 35.2. The number of anilines is 3. The number of fused-ring (bicyclic) bond motifs is 20. The highest BCUT2D eigenvalue weighted by Crippen LogP contribution is 2.64. The number of aryl methyl sites for hydroxylation is 3. The van der Waals surface area contributed by atoms with E-state index in [2.05, 4.69) is 237 Å². The third-order valence-corrected chi connectivity index (χ3v) is 17.6.